The number of nitriles is 1. The number of hydrogen-bond acceptors (Lipinski definition) is 3. The van der Waals surface area contributed by atoms with Crippen LogP contribution >= 0.6 is 0 Å². The van der Waals surface area contributed by atoms with E-state index in [1.165, 1.54) is 12.1 Å². The maximum Gasteiger partial charge on any atom is 0.126 e. The number of nitrogens with zero attached hydrogens (tertiary/aromatic N) is 1. The Morgan fingerprint density at radius 2 is 2.25 bits per heavy atom. The Morgan fingerprint density at radius 3 is 2.88 bits per heavy atom. The molecule has 0 aliphatic heterocycles. The number of benzene rings is 1. The van der Waals surface area contributed by atoms with Crippen LogP contribution in [0.3, 0.4) is 0 Å². The number of aliphatic hydroxyl groups is 1. The van der Waals surface area contributed by atoms with Gasteiger partial charge in [-0.3, -0.25) is 0 Å². The van der Waals surface area contributed by atoms with Gasteiger partial charge in [0, 0.05) is 12.2 Å². The molecule has 2 N–H and O–H groups in total. The fourth-order valence-corrected chi connectivity index (χ4v) is 1.34. The van der Waals surface area contributed by atoms with Gasteiger partial charge in [0.25, 0.3) is 0 Å². The van der Waals surface area contributed by atoms with E-state index in [1.807, 2.05) is 13.0 Å². The second kappa shape index (κ2) is 6.09. The summed E-state index contributed by atoms with van der Waals surface area (Å²) in [6, 6.07) is 5.99. The Bertz CT molecular complexity index is 387. The minimum Gasteiger partial charge on any atom is -0.393 e. The smallest absolute Gasteiger partial charge is 0.126 e. The van der Waals surface area contributed by atoms with Crippen molar-refractivity contribution in [2.75, 3.05) is 11.9 Å². The molecule has 1 rings (SSSR count). The van der Waals surface area contributed by atoms with Crippen molar-refractivity contribution in [1.29, 1.82) is 5.26 Å². The third-order valence-corrected chi connectivity index (χ3v) is 2.30. The van der Waals surface area contributed by atoms with E-state index < -0.39 is 5.82 Å². The molecule has 0 fully saturated rings. The molecule has 1 unspecified atom stereocenters. The highest BCUT2D eigenvalue weighted by molar-refractivity contribution is 5.49. The number of anilines is 1. The van der Waals surface area contributed by atoms with Crippen molar-refractivity contribution in [3.05, 3.63) is 29.6 Å². The fraction of sp³-hybridized carbons (Fsp3) is 0.417. The van der Waals surface area contributed by atoms with Crippen molar-refractivity contribution in [2.45, 2.75) is 25.9 Å². The molecular formula is C12H15FN2O. The SMILES string of the molecule is CCC(O)CCNc1cc(F)cc(C#N)c1. The van der Waals surface area contributed by atoms with Crippen molar-refractivity contribution in [3.8, 4) is 6.07 Å². The quantitative estimate of drug-likeness (QED) is 0.803. The lowest BCUT2D eigenvalue weighted by Crippen LogP contribution is -2.12. The van der Waals surface area contributed by atoms with Gasteiger partial charge in [0.15, 0.2) is 0 Å². The van der Waals surface area contributed by atoms with E-state index in [9.17, 15) is 9.50 Å². The minimum absolute atomic E-state index is 0.290. The molecule has 16 heavy (non-hydrogen) atoms. The Balaban J connectivity index is 2.54. The predicted molar refractivity (Wildman–Crippen MR) is 60.5 cm³/mol. The zero-order valence-corrected chi connectivity index (χ0v) is 9.20. The van der Waals surface area contributed by atoms with Crippen molar-refractivity contribution >= 4 is 5.69 Å². The van der Waals surface area contributed by atoms with E-state index in [1.54, 1.807) is 6.07 Å². The zero-order chi connectivity index (χ0) is 12.0. The average molecular weight is 222 g/mol. The number of rotatable bonds is 5. The standard InChI is InChI=1S/C12H15FN2O/c1-2-12(16)3-4-15-11-6-9(8-14)5-10(13)7-11/h5-7,12,15-16H,2-4H2,1H3. The van der Waals surface area contributed by atoms with Crippen LogP contribution in [0.25, 0.3) is 0 Å². The molecule has 0 bridgehead atoms. The van der Waals surface area contributed by atoms with Gasteiger partial charge in [0.1, 0.15) is 5.82 Å². The van der Waals surface area contributed by atoms with E-state index >= 15 is 0 Å². The number of halogens is 1. The molecule has 1 atom stereocenters. The summed E-state index contributed by atoms with van der Waals surface area (Å²) in [7, 11) is 0. The first kappa shape index (κ1) is 12.5. The zero-order valence-electron chi connectivity index (χ0n) is 9.20. The van der Waals surface area contributed by atoms with Gasteiger partial charge in [0.05, 0.1) is 17.7 Å². The van der Waals surface area contributed by atoms with E-state index in [-0.39, 0.29) is 6.10 Å². The van der Waals surface area contributed by atoms with Crippen LogP contribution in [0.1, 0.15) is 25.3 Å². The van der Waals surface area contributed by atoms with Crippen LogP contribution in [0.5, 0.6) is 0 Å². The van der Waals surface area contributed by atoms with Crippen LogP contribution in [-0.2, 0) is 0 Å². The van der Waals surface area contributed by atoms with E-state index in [0.717, 1.165) is 0 Å². The van der Waals surface area contributed by atoms with Gasteiger partial charge in [-0.15, -0.1) is 0 Å². The highest BCUT2D eigenvalue weighted by atomic mass is 19.1. The van der Waals surface area contributed by atoms with E-state index in [0.29, 0.717) is 30.6 Å². The fourth-order valence-electron chi connectivity index (χ4n) is 1.34. The van der Waals surface area contributed by atoms with Crippen LogP contribution < -0.4 is 5.32 Å². The van der Waals surface area contributed by atoms with Gasteiger partial charge in [0.2, 0.25) is 0 Å². The highest BCUT2D eigenvalue weighted by Gasteiger charge is 2.02. The number of aliphatic hydroxyl groups excluding tert-OH is 1. The Morgan fingerprint density at radius 1 is 1.50 bits per heavy atom. The Kier molecular flexibility index (Phi) is 4.74. The summed E-state index contributed by atoms with van der Waals surface area (Å²) in [5.74, 6) is -0.433. The summed E-state index contributed by atoms with van der Waals surface area (Å²) in [5, 5.41) is 21.0. The Hall–Kier alpha value is -1.60. The van der Waals surface area contributed by atoms with Crippen molar-refractivity contribution in [3.63, 3.8) is 0 Å². The molecule has 0 amide bonds. The average Bonchev–Trinajstić information content (AvgIpc) is 2.28. The summed E-state index contributed by atoms with van der Waals surface area (Å²) in [4.78, 5) is 0. The molecule has 3 nitrogen and oxygen atoms in total. The molecule has 0 heterocycles. The maximum atomic E-state index is 13.0. The lowest BCUT2D eigenvalue weighted by atomic mass is 10.2. The second-order valence-electron chi connectivity index (χ2n) is 3.62. The topological polar surface area (TPSA) is 56.0 Å². The number of hydrogen-bond donors (Lipinski definition) is 2. The monoisotopic (exact) mass is 222 g/mol. The molecule has 86 valence electrons. The molecule has 1 aromatic carbocycles. The molecule has 0 aliphatic carbocycles. The van der Waals surface area contributed by atoms with Crippen LogP contribution in [-0.4, -0.2) is 17.8 Å². The maximum absolute atomic E-state index is 13.0. The van der Waals surface area contributed by atoms with Crippen molar-refractivity contribution in [2.24, 2.45) is 0 Å². The normalized spacial score (nSPS) is 11.9. The molecule has 0 radical (unpaired) electrons. The molecule has 0 aliphatic rings. The highest BCUT2D eigenvalue weighted by Crippen LogP contribution is 2.13. The van der Waals surface area contributed by atoms with Gasteiger partial charge >= 0.3 is 0 Å². The first-order valence-electron chi connectivity index (χ1n) is 5.28. The summed E-state index contributed by atoms with van der Waals surface area (Å²) < 4.78 is 13.0. The van der Waals surface area contributed by atoms with Gasteiger partial charge in [-0.1, -0.05) is 6.92 Å². The largest absolute Gasteiger partial charge is 0.393 e. The first-order valence-corrected chi connectivity index (χ1v) is 5.28. The van der Waals surface area contributed by atoms with Gasteiger partial charge < -0.3 is 10.4 Å². The molecule has 0 saturated carbocycles. The van der Waals surface area contributed by atoms with Gasteiger partial charge in [-0.2, -0.15) is 5.26 Å². The van der Waals surface area contributed by atoms with Gasteiger partial charge in [-0.05, 0) is 31.0 Å². The predicted octanol–water partition coefficient (Wildman–Crippen LogP) is 2.27. The lowest BCUT2D eigenvalue weighted by Gasteiger charge is -2.10. The summed E-state index contributed by atoms with van der Waals surface area (Å²) in [6.45, 7) is 2.46. The third kappa shape index (κ3) is 3.87. The van der Waals surface area contributed by atoms with Gasteiger partial charge in [-0.25, -0.2) is 4.39 Å². The molecule has 0 saturated heterocycles. The molecule has 4 heteroatoms. The molecule has 0 spiro atoms. The second-order valence-corrected chi connectivity index (χ2v) is 3.62. The van der Waals surface area contributed by atoms with Crippen LogP contribution in [0.4, 0.5) is 10.1 Å². The van der Waals surface area contributed by atoms with E-state index in [4.69, 9.17) is 5.26 Å². The molecule has 1 aromatic rings. The molecular weight excluding hydrogens is 207 g/mol. The Labute approximate surface area is 94.5 Å². The summed E-state index contributed by atoms with van der Waals surface area (Å²) in [6.07, 6.45) is 0.972. The molecule has 0 aromatic heterocycles. The van der Waals surface area contributed by atoms with Crippen LogP contribution in [0.2, 0.25) is 0 Å². The van der Waals surface area contributed by atoms with Crippen LogP contribution in [0, 0.1) is 17.1 Å². The van der Waals surface area contributed by atoms with Crippen molar-refractivity contribution in [1.82, 2.24) is 0 Å². The van der Waals surface area contributed by atoms with Crippen molar-refractivity contribution < 1.29 is 9.50 Å². The van der Waals surface area contributed by atoms with E-state index in [2.05, 4.69) is 5.32 Å². The lowest BCUT2D eigenvalue weighted by molar-refractivity contribution is 0.164. The van der Waals surface area contributed by atoms with Crippen LogP contribution in [0.15, 0.2) is 18.2 Å². The summed E-state index contributed by atoms with van der Waals surface area (Å²) >= 11 is 0. The summed E-state index contributed by atoms with van der Waals surface area (Å²) in [5.41, 5.74) is 0.860. The third-order valence-electron chi connectivity index (χ3n) is 2.30. The minimum atomic E-state index is -0.433. The number of nitrogens with one attached hydrogen (secondary N) is 1. The first-order chi connectivity index (χ1) is 7.65.